The van der Waals surface area contributed by atoms with Crippen LogP contribution in [0.25, 0.3) is 10.9 Å². The summed E-state index contributed by atoms with van der Waals surface area (Å²) in [5.74, 6) is -2.39. The van der Waals surface area contributed by atoms with E-state index in [0.29, 0.717) is 19.5 Å². The van der Waals surface area contributed by atoms with Crippen LogP contribution in [0.4, 0.5) is 14.5 Å². The lowest BCUT2D eigenvalue weighted by Crippen LogP contribution is -2.28. The number of aromatic nitrogens is 1. The zero-order valence-electron chi connectivity index (χ0n) is 15.0. The van der Waals surface area contributed by atoms with E-state index in [2.05, 4.69) is 0 Å². The summed E-state index contributed by atoms with van der Waals surface area (Å²) in [5.41, 5.74) is 4.83. The Morgan fingerprint density at radius 2 is 2.07 bits per heavy atom. The SMILES string of the molecule is CCOC(=O)c1cn(C2CC2)c2c(F)c(N3CC[C@H](N)C3)c(F)cc2c1=O. The number of hydrogen-bond donors (Lipinski definition) is 1. The first-order valence-corrected chi connectivity index (χ1v) is 9.16. The van der Waals surface area contributed by atoms with E-state index in [1.165, 1.54) is 6.20 Å². The fourth-order valence-corrected chi connectivity index (χ4v) is 3.71. The third-order valence-electron chi connectivity index (χ3n) is 5.16. The molecule has 8 heteroatoms. The second-order valence-electron chi connectivity index (χ2n) is 7.14. The molecule has 1 atom stereocenters. The molecular formula is C19H21F2N3O3. The highest BCUT2D eigenvalue weighted by atomic mass is 19.1. The van der Waals surface area contributed by atoms with E-state index in [1.807, 2.05) is 0 Å². The van der Waals surface area contributed by atoms with Crippen LogP contribution in [-0.2, 0) is 4.74 Å². The molecule has 0 spiro atoms. The first-order valence-electron chi connectivity index (χ1n) is 9.16. The van der Waals surface area contributed by atoms with E-state index in [1.54, 1.807) is 16.4 Å². The number of halogens is 2. The number of pyridine rings is 1. The lowest BCUT2D eigenvalue weighted by Gasteiger charge is -2.22. The largest absolute Gasteiger partial charge is 0.462 e. The van der Waals surface area contributed by atoms with Gasteiger partial charge < -0.3 is 19.9 Å². The van der Waals surface area contributed by atoms with Crippen molar-refractivity contribution in [3.8, 4) is 0 Å². The van der Waals surface area contributed by atoms with Crippen molar-refractivity contribution in [1.82, 2.24) is 4.57 Å². The van der Waals surface area contributed by atoms with Crippen molar-refractivity contribution in [3.05, 3.63) is 39.7 Å². The van der Waals surface area contributed by atoms with Gasteiger partial charge >= 0.3 is 5.97 Å². The first-order chi connectivity index (χ1) is 12.9. The Bertz CT molecular complexity index is 985. The van der Waals surface area contributed by atoms with Gasteiger partial charge in [0.1, 0.15) is 17.1 Å². The molecule has 2 fully saturated rings. The smallest absolute Gasteiger partial charge is 0.343 e. The molecule has 1 aliphatic carbocycles. The topological polar surface area (TPSA) is 77.6 Å². The van der Waals surface area contributed by atoms with Crippen molar-refractivity contribution >= 4 is 22.6 Å². The highest BCUT2D eigenvalue weighted by Gasteiger charge is 2.32. The molecule has 1 aromatic carbocycles. The molecule has 4 rings (SSSR count). The molecule has 0 unspecified atom stereocenters. The summed E-state index contributed by atoms with van der Waals surface area (Å²) in [6.45, 7) is 2.55. The predicted molar refractivity (Wildman–Crippen MR) is 97.2 cm³/mol. The monoisotopic (exact) mass is 377 g/mol. The quantitative estimate of drug-likeness (QED) is 0.828. The van der Waals surface area contributed by atoms with Crippen LogP contribution in [0, 0.1) is 11.6 Å². The van der Waals surface area contributed by atoms with Crippen molar-refractivity contribution in [2.45, 2.75) is 38.3 Å². The Labute approximate surface area is 154 Å². The maximum atomic E-state index is 15.4. The number of nitrogens with two attached hydrogens (primary N) is 1. The highest BCUT2D eigenvalue weighted by molar-refractivity contribution is 5.95. The maximum Gasteiger partial charge on any atom is 0.343 e. The fourth-order valence-electron chi connectivity index (χ4n) is 3.71. The van der Waals surface area contributed by atoms with Gasteiger partial charge in [-0.25, -0.2) is 13.6 Å². The van der Waals surface area contributed by atoms with E-state index >= 15 is 4.39 Å². The molecule has 2 aliphatic rings. The van der Waals surface area contributed by atoms with Crippen LogP contribution in [0.15, 0.2) is 17.1 Å². The number of carbonyl (C=O) groups is 1. The molecule has 0 radical (unpaired) electrons. The van der Waals surface area contributed by atoms with Crippen LogP contribution >= 0.6 is 0 Å². The Morgan fingerprint density at radius 1 is 1.33 bits per heavy atom. The van der Waals surface area contributed by atoms with Crippen molar-refractivity contribution in [2.75, 3.05) is 24.6 Å². The van der Waals surface area contributed by atoms with Gasteiger partial charge in [0.15, 0.2) is 5.82 Å². The molecule has 2 aromatic rings. The highest BCUT2D eigenvalue weighted by Crippen LogP contribution is 2.40. The van der Waals surface area contributed by atoms with Crippen molar-refractivity contribution in [1.29, 1.82) is 0 Å². The lowest BCUT2D eigenvalue weighted by molar-refractivity contribution is 0.0524. The van der Waals surface area contributed by atoms with E-state index in [4.69, 9.17) is 10.5 Å². The predicted octanol–water partition coefficient (Wildman–Crippen LogP) is 2.33. The normalized spacial score (nSPS) is 19.7. The molecule has 144 valence electrons. The summed E-state index contributed by atoms with van der Waals surface area (Å²) in [6, 6.07) is 0.868. The molecule has 0 amide bonds. The number of esters is 1. The van der Waals surface area contributed by atoms with Crippen LogP contribution in [0.3, 0.4) is 0 Å². The second kappa shape index (κ2) is 6.60. The van der Waals surface area contributed by atoms with Crippen LogP contribution < -0.4 is 16.1 Å². The number of fused-ring (bicyclic) bond motifs is 1. The standard InChI is InChI=1S/C19H21F2N3O3/c1-2-27-19(26)13-9-24(11-3-4-11)16-12(18(13)25)7-14(20)17(15(16)21)23-6-5-10(22)8-23/h7,9-11H,2-6,8,22H2,1H3/t10-/m0/s1. The number of carbonyl (C=O) groups excluding carboxylic acids is 1. The molecule has 6 nitrogen and oxygen atoms in total. The number of hydrogen-bond acceptors (Lipinski definition) is 5. The van der Waals surface area contributed by atoms with Crippen LogP contribution in [0.1, 0.15) is 42.6 Å². The van der Waals surface area contributed by atoms with Gasteiger partial charge in [-0.15, -0.1) is 0 Å². The van der Waals surface area contributed by atoms with Crippen molar-refractivity contribution in [3.63, 3.8) is 0 Å². The molecule has 0 bridgehead atoms. The van der Waals surface area contributed by atoms with Gasteiger partial charge in [-0.1, -0.05) is 0 Å². The maximum absolute atomic E-state index is 15.4. The van der Waals surface area contributed by atoms with E-state index in [9.17, 15) is 14.0 Å². The van der Waals surface area contributed by atoms with Crippen LogP contribution in [0.2, 0.25) is 0 Å². The summed E-state index contributed by atoms with van der Waals surface area (Å²) in [5, 5.41) is -0.144. The van der Waals surface area contributed by atoms with Gasteiger partial charge in [-0.05, 0) is 32.3 Å². The minimum absolute atomic E-state index is 0.0186. The second-order valence-corrected chi connectivity index (χ2v) is 7.14. The Balaban J connectivity index is 1.97. The zero-order chi connectivity index (χ0) is 19.3. The number of benzene rings is 1. The summed E-state index contributed by atoms with van der Waals surface area (Å²) in [7, 11) is 0. The third kappa shape index (κ3) is 2.97. The minimum Gasteiger partial charge on any atom is -0.462 e. The van der Waals surface area contributed by atoms with Crippen LogP contribution in [-0.4, -0.2) is 36.3 Å². The molecule has 1 aliphatic heterocycles. The summed E-state index contributed by atoms with van der Waals surface area (Å²) in [4.78, 5) is 26.5. The van der Waals surface area contributed by atoms with Gasteiger partial charge in [0.25, 0.3) is 0 Å². The van der Waals surface area contributed by atoms with Gasteiger partial charge in [0.2, 0.25) is 5.43 Å². The molecule has 1 aromatic heterocycles. The van der Waals surface area contributed by atoms with E-state index in [-0.39, 0.29) is 40.8 Å². The first kappa shape index (κ1) is 17.9. The number of rotatable bonds is 4. The van der Waals surface area contributed by atoms with Crippen molar-refractivity contribution in [2.24, 2.45) is 5.73 Å². The summed E-state index contributed by atoms with van der Waals surface area (Å²) >= 11 is 0. The van der Waals surface area contributed by atoms with Gasteiger partial charge in [0.05, 0.1) is 17.5 Å². The number of ether oxygens (including phenoxy) is 1. The minimum atomic E-state index is -0.824. The third-order valence-corrected chi connectivity index (χ3v) is 5.16. The summed E-state index contributed by atoms with van der Waals surface area (Å²) in [6.07, 6.45) is 3.61. The number of nitrogens with zero attached hydrogens (tertiary/aromatic N) is 2. The molecular weight excluding hydrogens is 356 g/mol. The Hall–Kier alpha value is -2.48. The Morgan fingerprint density at radius 3 is 2.67 bits per heavy atom. The molecule has 2 N–H and O–H groups in total. The average molecular weight is 377 g/mol. The summed E-state index contributed by atoms with van der Waals surface area (Å²) < 4.78 is 36.7. The zero-order valence-corrected chi connectivity index (χ0v) is 15.0. The lowest BCUT2D eigenvalue weighted by atomic mass is 10.1. The van der Waals surface area contributed by atoms with Gasteiger partial charge in [-0.3, -0.25) is 4.79 Å². The van der Waals surface area contributed by atoms with Gasteiger partial charge in [-0.2, -0.15) is 0 Å². The molecule has 1 saturated heterocycles. The molecule has 2 heterocycles. The van der Waals surface area contributed by atoms with E-state index in [0.717, 1.165) is 18.9 Å². The fraction of sp³-hybridized carbons (Fsp3) is 0.474. The molecule has 27 heavy (non-hydrogen) atoms. The van der Waals surface area contributed by atoms with E-state index < -0.39 is 23.0 Å². The number of anilines is 1. The molecule has 1 saturated carbocycles. The van der Waals surface area contributed by atoms with Crippen LogP contribution in [0.5, 0.6) is 0 Å². The van der Waals surface area contributed by atoms with Crippen molar-refractivity contribution < 1.29 is 18.3 Å². The average Bonchev–Trinajstić information content (AvgIpc) is 3.38. The Kier molecular flexibility index (Phi) is 4.38. The van der Waals surface area contributed by atoms with Gasteiger partial charge in [0, 0.05) is 31.4 Å².